The van der Waals surface area contributed by atoms with Crippen LogP contribution in [0.4, 0.5) is 0 Å². The zero-order valence-electron chi connectivity index (χ0n) is 7.32. The van der Waals surface area contributed by atoms with Crippen LogP contribution >= 0.6 is 11.3 Å². The lowest BCUT2D eigenvalue weighted by molar-refractivity contribution is 0.632. The highest BCUT2D eigenvalue weighted by Crippen LogP contribution is 2.35. The second kappa shape index (κ2) is 2.45. The van der Waals surface area contributed by atoms with E-state index in [-0.39, 0.29) is 0 Å². The first-order valence-electron chi connectivity index (χ1n) is 4.41. The number of aliphatic imine (C=N–C) groups is 1. The third-order valence-corrected chi connectivity index (χ3v) is 3.55. The third-order valence-electron chi connectivity index (χ3n) is 2.53. The second-order valence-corrected chi connectivity index (χ2v) is 4.37. The third kappa shape index (κ3) is 0.968. The van der Waals surface area contributed by atoms with Crippen LogP contribution in [-0.4, -0.2) is 11.9 Å². The summed E-state index contributed by atoms with van der Waals surface area (Å²) in [5.74, 6) is 1.06. The van der Waals surface area contributed by atoms with Crippen LogP contribution in [0.15, 0.2) is 22.5 Å². The van der Waals surface area contributed by atoms with Crippen molar-refractivity contribution in [1.29, 1.82) is 0 Å². The molecule has 66 valence electrons. The van der Waals surface area contributed by atoms with Gasteiger partial charge in [-0.15, -0.1) is 11.3 Å². The lowest BCUT2D eigenvalue weighted by Gasteiger charge is -2.19. The van der Waals surface area contributed by atoms with Crippen molar-refractivity contribution >= 4 is 23.2 Å². The maximum atomic E-state index is 4.51. The smallest absolute Gasteiger partial charge is 0.0954 e. The largest absolute Gasteiger partial charge is 0.364 e. The Labute approximate surface area is 81.0 Å². The summed E-state index contributed by atoms with van der Waals surface area (Å²) in [5.41, 5.74) is 1.35. The van der Waals surface area contributed by atoms with Crippen molar-refractivity contribution < 1.29 is 0 Å². The van der Waals surface area contributed by atoms with Gasteiger partial charge in [-0.05, 0) is 23.9 Å². The van der Waals surface area contributed by atoms with Crippen LogP contribution in [0, 0.1) is 0 Å². The van der Waals surface area contributed by atoms with Crippen LogP contribution < -0.4 is 5.32 Å². The summed E-state index contributed by atoms with van der Waals surface area (Å²) < 4.78 is 0. The topological polar surface area (TPSA) is 24.4 Å². The molecule has 3 heteroatoms. The molecule has 0 spiro atoms. The minimum absolute atomic E-state index is 0.325. The lowest BCUT2D eigenvalue weighted by atomic mass is 9.98. The molecule has 0 radical (unpaired) electrons. The van der Waals surface area contributed by atoms with E-state index in [2.05, 4.69) is 33.9 Å². The zero-order valence-corrected chi connectivity index (χ0v) is 8.14. The monoisotopic (exact) mass is 190 g/mol. The van der Waals surface area contributed by atoms with E-state index in [1.165, 1.54) is 10.4 Å². The van der Waals surface area contributed by atoms with Crippen LogP contribution in [-0.2, 0) is 0 Å². The van der Waals surface area contributed by atoms with Gasteiger partial charge >= 0.3 is 0 Å². The zero-order chi connectivity index (χ0) is 8.84. The Bertz CT molecular complexity index is 403. The fraction of sp³-hybridized carbons (Fsp3) is 0.300. The first-order valence-corrected chi connectivity index (χ1v) is 5.29. The van der Waals surface area contributed by atoms with E-state index in [9.17, 15) is 0 Å². The fourth-order valence-corrected chi connectivity index (χ4v) is 2.92. The van der Waals surface area contributed by atoms with E-state index in [4.69, 9.17) is 0 Å². The number of hydrogen-bond donors (Lipinski definition) is 1. The molecule has 2 atom stereocenters. The molecule has 0 saturated carbocycles. The average Bonchev–Trinajstić information content (AvgIpc) is 2.65. The number of rotatable bonds is 0. The number of thiophene rings is 1. The molecule has 0 fully saturated rings. The van der Waals surface area contributed by atoms with Crippen LogP contribution in [0.2, 0.25) is 0 Å². The molecule has 0 saturated heterocycles. The standard InChI is InChI=1S/C10H10N2S/c1-6-11-8-3-2-7-4-5-13-10(7)9(8)12-6/h2-5,8-9H,1H3,(H,11,12). The Morgan fingerprint density at radius 2 is 2.46 bits per heavy atom. The van der Waals surface area contributed by atoms with Crippen molar-refractivity contribution in [3.05, 3.63) is 28.0 Å². The molecule has 1 aromatic heterocycles. The first kappa shape index (κ1) is 7.33. The van der Waals surface area contributed by atoms with E-state index in [0.29, 0.717) is 12.1 Å². The van der Waals surface area contributed by atoms with E-state index in [1.54, 1.807) is 0 Å². The molecule has 0 bridgehead atoms. The first-order chi connectivity index (χ1) is 6.34. The Hall–Kier alpha value is -1.09. The highest BCUT2D eigenvalue weighted by atomic mass is 32.1. The SMILES string of the molecule is CC1=NC2C=Cc3ccsc3C2N1. The quantitative estimate of drug-likeness (QED) is 0.666. The molecule has 2 unspecified atom stereocenters. The second-order valence-electron chi connectivity index (χ2n) is 3.43. The van der Waals surface area contributed by atoms with E-state index >= 15 is 0 Å². The van der Waals surface area contributed by atoms with Gasteiger partial charge < -0.3 is 5.32 Å². The molecule has 1 aromatic rings. The molecule has 13 heavy (non-hydrogen) atoms. The van der Waals surface area contributed by atoms with Crippen molar-refractivity contribution in [3.63, 3.8) is 0 Å². The number of nitrogens with one attached hydrogen (secondary N) is 1. The molecular weight excluding hydrogens is 180 g/mol. The molecule has 2 nitrogen and oxygen atoms in total. The molecule has 0 aromatic carbocycles. The van der Waals surface area contributed by atoms with Crippen LogP contribution in [0.25, 0.3) is 6.08 Å². The Morgan fingerprint density at radius 1 is 1.54 bits per heavy atom. The summed E-state index contributed by atoms with van der Waals surface area (Å²) in [6.07, 6.45) is 4.36. The van der Waals surface area contributed by atoms with Gasteiger partial charge in [0.25, 0.3) is 0 Å². The summed E-state index contributed by atoms with van der Waals surface area (Å²) in [5, 5.41) is 5.55. The summed E-state index contributed by atoms with van der Waals surface area (Å²) in [6, 6.07) is 2.90. The van der Waals surface area contributed by atoms with Gasteiger partial charge in [-0.3, -0.25) is 4.99 Å². The van der Waals surface area contributed by atoms with Crippen molar-refractivity contribution in [1.82, 2.24) is 5.32 Å². The molecule has 1 N–H and O–H groups in total. The highest BCUT2D eigenvalue weighted by molar-refractivity contribution is 7.10. The van der Waals surface area contributed by atoms with Gasteiger partial charge in [-0.1, -0.05) is 12.2 Å². The fourth-order valence-electron chi connectivity index (χ4n) is 1.94. The molecule has 0 amide bonds. The van der Waals surface area contributed by atoms with Gasteiger partial charge in [0.2, 0.25) is 0 Å². The van der Waals surface area contributed by atoms with Gasteiger partial charge in [0.05, 0.1) is 17.9 Å². The number of fused-ring (bicyclic) bond motifs is 3. The Kier molecular flexibility index (Phi) is 1.38. The predicted octanol–water partition coefficient (Wildman–Crippen LogP) is 2.21. The van der Waals surface area contributed by atoms with Gasteiger partial charge in [-0.2, -0.15) is 0 Å². The lowest BCUT2D eigenvalue weighted by Crippen LogP contribution is -2.25. The number of nitrogens with zero attached hydrogens (tertiary/aromatic N) is 1. The van der Waals surface area contributed by atoms with E-state index in [1.807, 2.05) is 18.3 Å². The summed E-state index contributed by atoms with van der Waals surface area (Å²) in [4.78, 5) is 5.94. The minimum atomic E-state index is 0.325. The molecule has 2 aliphatic rings. The average molecular weight is 190 g/mol. The molecule has 3 rings (SSSR count). The van der Waals surface area contributed by atoms with Gasteiger partial charge in [-0.25, -0.2) is 0 Å². The van der Waals surface area contributed by atoms with Gasteiger partial charge in [0.15, 0.2) is 0 Å². The normalized spacial score (nSPS) is 29.2. The Morgan fingerprint density at radius 3 is 3.38 bits per heavy atom. The van der Waals surface area contributed by atoms with Crippen LogP contribution in [0.3, 0.4) is 0 Å². The molecular formula is C10H10N2S. The molecule has 2 heterocycles. The minimum Gasteiger partial charge on any atom is -0.364 e. The summed E-state index contributed by atoms with van der Waals surface area (Å²) >= 11 is 1.82. The van der Waals surface area contributed by atoms with E-state index in [0.717, 1.165) is 5.84 Å². The van der Waals surface area contributed by atoms with E-state index < -0.39 is 0 Å². The van der Waals surface area contributed by atoms with Gasteiger partial charge in [0, 0.05) is 4.88 Å². The van der Waals surface area contributed by atoms with Crippen molar-refractivity contribution in [2.24, 2.45) is 4.99 Å². The maximum Gasteiger partial charge on any atom is 0.0954 e. The summed E-state index contributed by atoms with van der Waals surface area (Å²) in [6.45, 7) is 2.03. The van der Waals surface area contributed by atoms with Crippen LogP contribution in [0.5, 0.6) is 0 Å². The van der Waals surface area contributed by atoms with Crippen molar-refractivity contribution in [2.45, 2.75) is 19.0 Å². The predicted molar refractivity (Wildman–Crippen MR) is 56.1 cm³/mol. The van der Waals surface area contributed by atoms with Gasteiger partial charge in [0.1, 0.15) is 0 Å². The molecule has 1 aliphatic heterocycles. The van der Waals surface area contributed by atoms with Crippen molar-refractivity contribution in [3.8, 4) is 0 Å². The van der Waals surface area contributed by atoms with Crippen LogP contribution in [0.1, 0.15) is 23.4 Å². The number of amidine groups is 1. The van der Waals surface area contributed by atoms with Crippen molar-refractivity contribution in [2.75, 3.05) is 0 Å². The highest BCUT2D eigenvalue weighted by Gasteiger charge is 2.31. The maximum absolute atomic E-state index is 4.51. The Balaban J connectivity index is 2.10. The number of hydrogen-bond acceptors (Lipinski definition) is 3. The molecule has 1 aliphatic carbocycles. The summed E-state index contributed by atoms with van der Waals surface area (Å²) in [7, 11) is 0.